The van der Waals surface area contributed by atoms with Gasteiger partial charge >= 0.3 is 6.03 Å². The fourth-order valence-electron chi connectivity index (χ4n) is 4.73. The van der Waals surface area contributed by atoms with E-state index in [0.717, 1.165) is 44.6 Å². The number of halogens is 1. The SMILES string of the molecule is CC(C)(Cc1cccc(Cl)c1)C(=O)N1CCC2CN(C(=O)NC/C(N)=C/N)CC2CC1. The Kier molecular flexibility index (Phi) is 7.36. The number of hydrogen-bond acceptors (Lipinski definition) is 4. The number of carbonyl (C=O) groups is 2. The summed E-state index contributed by atoms with van der Waals surface area (Å²) >= 11 is 6.11. The highest BCUT2D eigenvalue weighted by molar-refractivity contribution is 6.30. The molecule has 31 heavy (non-hydrogen) atoms. The summed E-state index contributed by atoms with van der Waals surface area (Å²) in [5, 5.41) is 3.51. The van der Waals surface area contributed by atoms with Gasteiger partial charge in [-0.3, -0.25) is 4.79 Å². The second-order valence-corrected chi connectivity index (χ2v) is 9.82. The molecule has 0 spiro atoms. The Morgan fingerprint density at radius 2 is 1.84 bits per heavy atom. The van der Waals surface area contributed by atoms with Crippen molar-refractivity contribution in [3.63, 3.8) is 0 Å². The Morgan fingerprint density at radius 1 is 1.19 bits per heavy atom. The van der Waals surface area contributed by atoms with Crippen molar-refractivity contribution in [3.8, 4) is 0 Å². The number of carbonyl (C=O) groups excluding carboxylic acids is 2. The Bertz CT molecular complexity index is 825. The van der Waals surface area contributed by atoms with E-state index in [4.69, 9.17) is 23.1 Å². The van der Waals surface area contributed by atoms with E-state index in [1.54, 1.807) is 0 Å². The number of nitrogens with zero attached hydrogens (tertiary/aromatic N) is 2. The van der Waals surface area contributed by atoms with Crippen molar-refractivity contribution in [1.29, 1.82) is 0 Å². The van der Waals surface area contributed by atoms with Crippen LogP contribution in [0.5, 0.6) is 0 Å². The molecule has 2 aliphatic rings. The fourth-order valence-corrected chi connectivity index (χ4v) is 4.94. The lowest BCUT2D eigenvalue weighted by atomic mass is 9.84. The van der Waals surface area contributed by atoms with Crippen LogP contribution in [0, 0.1) is 17.3 Å². The molecule has 8 heteroatoms. The van der Waals surface area contributed by atoms with Crippen LogP contribution in [0.25, 0.3) is 0 Å². The number of nitrogens with one attached hydrogen (secondary N) is 1. The number of likely N-dealkylation sites (tertiary alicyclic amines) is 2. The minimum atomic E-state index is -0.494. The molecule has 170 valence electrons. The number of benzene rings is 1. The van der Waals surface area contributed by atoms with Crippen LogP contribution in [0.3, 0.4) is 0 Å². The average molecular weight is 448 g/mol. The first kappa shape index (κ1) is 23.3. The predicted octanol–water partition coefficient (Wildman–Crippen LogP) is 2.55. The van der Waals surface area contributed by atoms with Gasteiger partial charge in [-0.15, -0.1) is 0 Å². The minimum absolute atomic E-state index is 0.103. The van der Waals surface area contributed by atoms with Crippen LogP contribution in [0.4, 0.5) is 4.79 Å². The predicted molar refractivity (Wildman–Crippen MR) is 123 cm³/mol. The van der Waals surface area contributed by atoms with Crippen LogP contribution < -0.4 is 16.8 Å². The summed E-state index contributed by atoms with van der Waals surface area (Å²) in [7, 11) is 0. The highest BCUT2D eigenvalue weighted by atomic mass is 35.5. The molecule has 2 atom stereocenters. The molecule has 5 N–H and O–H groups in total. The quantitative estimate of drug-likeness (QED) is 0.645. The number of amides is 3. The molecule has 7 nitrogen and oxygen atoms in total. The van der Waals surface area contributed by atoms with Gasteiger partial charge in [-0.2, -0.15) is 0 Å². The van der Waals surface area contributed by atoms with E-state index in [9.17, 15) is 9.59 Å². The van der Waals surface area contributed by atoms with Gasteiger partial charge in [0, 0.05) is 48.5 Å². The van der Waals surface area contributed by atoms with Crippen LogP contribution in [0.1, 0.15) is 32.3 Å². The standard InChI is InChI=1S/C23H34ClN5O2/c1-23(2,11-16-4-3-5-19(24)10-16)21(30)28-8-6-17-14-29(15-18(17)7-9-28)22(31)27-13-20(26)12-25/h3-5,10,12,17-18H,6-9,11,13-15,25-26H2,1-2H3,(H,27,31)/b20-12-. The average Bonchev–Trinajstić information content (AvgIpc) is 3.04. The van der Waals surface area contributed by atoms with E-state index in [1.807, 2.05) is 47.9 Å². The zero-order valence-corrected chi connectivity index (χ0v) is 19.2. The van der Waals surface area contributed by atoms with Gasteiger partial charge in [-0.25, -0.2) is 4.79 Å². The fraction of sp³-hybridized carbons (Fsp3) is 0.565. The second-order valence-electron chi connectivity index (χ2n) is 9.39. The number of nitrogens with two attached hydrogens (primary N) is 2. The topological polar surface area (TPSA) is 105 Å². The zero-order valence-electron chi connectivity index (χ0n) is 18.4. The molecular formula is C23H34ClN5O2. The smallest absolute Gasteiger partial charge is 0.317 e. The molecule has 1 aromatic rings. The summed E-state index contributed by atoms with van der Waals surface area (Å²) in [5.74, 6) is 1.02. The lowest BCUT2D eigenvalue weighted by Gasteiger charge is -2.32. The number of urea groups is 1. The Hall–Kier alpha value is -2.41. The van der Waals surface area contributed by atoms with E-state index >= 15 is 0 Å². The van der Waals surface area contributed by atoms with Crippen LogP contribution >= 0.6 is 11.6 Å². The van der Waals surface area contributed by atoms with E-state index < -0.39 is 5.41 Å². The maximum absolute atomic E-state index is 13.3. The molecule has 0 aromatic heterocycles. The summed E-state index contributed by atoms with van der Waals surface area (Å²) in [6, 6.07) is 7.62. The van der Waals surface area contributed by atoms with Gasteiger partial charge in [-0.1, -0.05) is 37.6 Å². The highest BCUT2D eigenvalue weighted by Crippen LogP contribution is 2.34. The lowest BCUT2D eigenvalue weighted by molar-refractivity contribution is -0.140. The molecule has 1 aromatic carbocycles. The van der Waals surface area contributed by atoms with Crippen LogP contribution in [-0.4, -0.2) is 54.5 Å². The third-order valence-corrected chi connectivity index (χ3v) is 6.70. The Morgan fingerprint density at radius 3 is 2.42 bits per heavy atom. The van der Waals surface area contributed by atoms with Crippen molar-refractivity contribution < 1.29 is 9.59 Å². The first-order chi connectivity index (χ1) is 14.7. The molecule has 0 aliphatic carbocycles. The molecule has 2 saturated heterocycles. The normalized spacial score (nSPS) is 22.1. The van der Waals surface area contributed by atoms with E-state index in [-0.39, 0.29) is 18.5 Å². The van der Waals surface area contributed by atoms with Crippen LogP contribution in [-0.2, 0) is 11.2 Å². The summed E-state index contributed by atoms with van der Waals surface area (Å²) in [5.41, 5.74) is 12.0. The number of rotatable bonds is 5. The molecule has 2 heterocycles. The third-order valence-electron chi connectivity index (χ3n) is 6.46. The van der Waals surface area contributed by atoms with Crippen LogP contribution in [0.2, 0.25) is 5.02 Å². The Balaban J connectivity index is 1.54. The molecule has 2 unspecified atom stereocenters. The summed E-state index contributed by atoms with van der Waals surface area (Å²) < 4.78 is 0. The van der Waals surface area contributed by atoms with Gasteiger partial charge < -0.3 is 26.6 Å². The van der Waals surface area contributed by atoms with Gasteiger partial charge in [0.1, 0.15) is 0 Å². The molecule has 3 rings (SSSR count). The maximum Gasteiger partial charge on any atom is 0.317 e. The molecule has 0 saturated carbocycles. The maximum atomic E-state index is 13.3. The van der Waals surface area contributed by atoms with E-state index in [2.05, 4.69) is 5.32 Å². The molecular weight excluding hydrogens is 414 g/mol. The summed E-state index contributed by atoms with van der Waals surface area (Å²) in [6.07, 6.45) is 3.79. The van der Waals surface area contributed by atoms with Crippen molar-refractivity contribution >= 4 is 23.5 Å². The van der Waals surface area contributed by atoms with Crippen molar-refractivity contribution in [1.82, 2.24) is 15.1 Å². The molecule has 0 radical (unpaired) electrons. The molecule has 0 bridgehead atoms. The largest absolute Gasteiger partial charge is 0.403 e. The van der Waals surface area contributed by atoms with E-state index in [0.29, 0.717) is 29.0 Å². The molecule has 3 amide bonds. The highest BCUT2D eigenvalue weighted by Gasteiger charge is 2.39. The van der Waals surface area contributed by atoms with Crippen molar-refractivity contribution in [2.75, 3.05) is 32.7 Å². The van der Waals surface area contributed by atoms with Crippen molar-refractivity contribution in [3.05, 3.63) is 46.7 Å². The number of fused-ring (bicyclic) bond motifs is 1. The van der Waals surface area contributed by atoms with E-state index in [1.165, 1.54) is 6.20 Å². The monoisotopic (exact) mass is 447 g/mol. The molecule has 2 fully saturated rings. The first-order valence-electron chi connectivity index (χ1n) is 10.9. The first-order valence-corrected chi connectivity index (χ1v) is 11.3. The number of hydrogen-bond donors (Lipinski definition) is 3. The lowest BCUT2D eigenvalue weighted by Crippen LogP contribution is -2.43. The van der Waals surface area contributed by atoms with Crippen molar-refractivity contribution in [2.45, 2.75) is 33.1 Å². The summed E-state index contributed by atoms with van der Waals surface area (Å²) in [6.45, 7) is 7.18. The minimum Gasteiger partial charge on any atom is -0.403 e. The van der Waals surface area contributed by atoms with Crippen LogP contribution in [0.15, 0.2) is 36.2 Å². The zero-order chi connectivity index (χ0) is 22.6. The Labute approximate surface area is 189 Å². The van der Waals surface area contributed by atoms with Gasteiger partial charge in [0.15, 0.2) is 0 Å². The van der Waals surface area contributed by atoms with Gasteiger partial charge in [-0.05, 0) is 48.8 Å². The van der Waals surface area contributed by atoms with Gasteiger partial charge in [0.25, 0.3) is 0 Å². The van der Waals surface area contributed by atoms with Crippen molar-refractivity contribution in [2.24, 2.45) is 28.7 Å². The van der Waals surface area contributed by atoms with Gasteiger partial charge in [0.2, 0.25) is 5.91 Å². The van der Waals surface area contributed by atoms with Gasteiger partial charge in [0.05, 0.1) is 6.54 Å². The third kappa shape index (κ3) is 5.85. The molecule has 2 aliphatic heterocycles. The second kappa shape index (κ2) is 9.81. The summed E-state index contributed by atoms with van der Waals surface area (Å²) in [4.78, 5) is 29.6.